The van der Waals surface area contributed by atoms with Gasteiger partial charge < -0.3 is 5.32 Å². The van der Waals surface area contributed by atoms with Crippen LogP contribution in [0.4, 0.5) is 10.1 Å². The van der Waals surface area contributed by atoms with Crippen LogP contribution < -0.4 is 5.32 Å². The lowest BCUT2D eigenvalue weighted by atomic mass is 10.2. The molecular weight excluding hydrogens is 201 g/mol. The summed E-state index contributed by atoms with van der Waals surface area (Å²) in [5.41, 5.74) is 0.811. The number of nitrogens with one attached hydrogen (secondary N) is 1. The highest BCUT2D eigenvalue weighted by Gasteiger charge is 2.27. The van der Waals surface area contributed by atoms with Crippen LogP contribution in [0.25, 0.3) is 0 Å². The summed E-state index contributed by atoms with van der Waals surface area (Å²) in [6.07, 6.45) is 2.56. The van der Waals surface area contributed by atoms with E-state index in [2.05, 4.69) is 12.2 Å². The van der Waals surface area contributed by atoms with Gasteiger partial charge in [0.2, 0.25) is 0 Å². The maximum Gasteiger partial charge on any atom is 0.143 e. The van der Waals surface area contributed by atoms with E-state index in [0.717, 1.165) is 11.6 Å². The van der Waals surface area contributed by atoms with Crippen LogP contribution in [0.5, 0.6) is 0 Å². The number of rotatable bonds is 3. The summed E-state index contributed by atoms with van der Waals surface area (Å²) in [6.45, 7) is 2.13. The Morgan fingerprint density at radius 2 is 2.21 bits per heavy atom. The molecule has 14 heavy (non-hydrogen) atoms. The van der Waals surface area contributed by atoms with Crippen molar-refractivity contribution in [3.63, 3.8) is 0 Å². The number of hydrogen-bond acceptors (Lipinski definition) is 1. The molecule has 0 radical (unpaired) electrons. The molecule has 2 rings (SSSR count). The lowest BCUT2D eigenvalue weighted by molar-refractivity contribution is 0.627. The van der Waals surface area contributed by atoms with Gasteiger partial charge in [0.05, 0.1) is 5.02 Å². The fourth-order valence-corrected chi connectivity index (χ4v) is 1.68. The number of anilines is 1. The third kappa shape index (κ3) is 2.18. The molecule has 0 aliphatic heterocycles. The third-order valence-corrected chi connectivity index (χ3v) is 2.95. The molecule has 1 aromatic carbocycles. The van der Waals surface area contributed by atoms with Gasteiger partial charge in [-0.3, -0.25) is 0 Å². The lowest BCUT2D eigenvalue weighted by Gasteiger charge is -2.14. The van der Waals surface area contributed by atoms with Gasteiger partial charge >= 0.3 is 0 Å². The molecule has 1 saturated carbocycles. The molecule has 1 atom stereocenters. The smallest absolute Gasteiger partial charge is 0.143 e. The van der Waals surface area contributed by atoms with Crippen molar-refractivity contribution in [2.45, 2.75) is 25.8 Å². The fourth-order valence-electron chi connectivity index (χ4n) is 1.56. The topological polar surface area (TPSA) is 12.0 Å². The van der Waals surface area contributed by atoms with Crippen LogP contribution in [-0.2, 0) is 0 Å². The van der Waals surface area contributed by atoms with Crippen LogP contribution in [0.2, 0.25) is 5.02 Å². The van der Waals surface area contributed by atoms with Crippen LogP contribution in [-0.4, -0.2) is 6.04 Å². The Balaban J connectivity index is 2.04. The largest absolute Gasteiger partial charge is 0.382 e. The van der Waals surface area contributed by atoms with Crippen LogP contribution in [0, 0.1) is 11.7 Å². The summed E-state index contributed by atoms with van der Waals surface area (Å²) >= 11 is 5.59. The Hall–Kier alpha value is -0.760. The first-order valence-corrected chi connectivity index (χ1v) is 5.26. The number of halogens is 2. The molecule has 0 heterocycles. The van der Waals surface area contributed by atoms with E-state index in [-0.39, 0.29) is 10.8 Å². The highest BCUT2D eigenvalue weighted by molar-refractivity contribution is 6.30. The maximum absolute atomic E-state index is 13.1. The normalized spacial score (nSPS) is 17.9. The molecule has 0 spiro atoms. The maximum atomic E-state index is 13.1. The predicted octanol–water partition coefficient (Wildman–Crippen LogP) is 3.69. The average Bonchev–Trinajstić information content (AvgIpc) is 2.94. The zero-order valence-electron chi connectivity index (χ0n) is 8.06. The minimum Gasteiger partial charge on any atom is -0.382 e. The van der Waals surface area contributed by atoms with Gasteiger partial charge in [0, 0.05) is 11.7 Å². The molecule has 0 aromatic heterocycles. The van der Waals surface area contributed by atoms with Crippen molar-refractivity contribution in [1.29, 1.82) is 0 Å². The molecule has 0 amide bonds. The van der Waals surface area contributed by atoms with Crippen LogP contribution in [0.15, 0.2) is 18.2 Å². The first-order chi connectivity index (χ1) is 6.66. The molecule has 3 heteroatoms. The minimum absolute atomic E-state index is 0.176. The van der Waals surface area contributed by atoms with Gasteiger partial charge in [-0.05, 0) is 43.9 Å². The molecule has 1 aliphatic carbocycles. The summed E-state index contributed by atoms with van der Waals surface area (Å²) in [5, 5.41) is 3.45. The van der Waals surface area contributed by atoms with Crippen molar-refractivity contribution in [3.05, 3.63) is 29.0 Å². The highest BCUT2D eigenvalue weighted by atomic mass is 35.5. The SMILES string of the molecule is CC(Nc1ccc(Cl)c(F)c1)C1CC1. The van der Waals surface area contributed by atoms with Gasteiger partial charge in [0.1, 0.15) is 5.82 Å². The molecule has 1 fully saturated rings. The van der Waals surface area contributed by atoms with E-state index in [9.17, 15) is 4.39 Å². The number of hydrogen-bond donors (Lipinski definition) is 1. The summed E-state index contributed by atoms with van der Waals surface area (Å²) in [6, 6.07) is 5.26. The second-order valence-electron chi connectivity index (χ2n) is 3.90. The fraction of sp³-hybridized carbons (Fsp3) is 0.455. The van der Waals surface area contributed by atoms with Crippen LogP contribution in [0.1, 0.15) is 19.8 Å². The van der Waals surface area contributed by atoms with E-state index in [1.165, 1.54) is 18.9 Å². The second kappa shape index (κ2) is 3.77. The van der Waals surface area contributed by atoms with Crippen molar-refractivity contribution in [2.75, 3.05) is 5.32 Å². The average molecular weight is 214 g/mol. The summed E-state index contributed by atoms with van der Waals surface area (Å²) in [4.78, 5) is 0. The van der Waals surface area contributed by atoms with Gasteiger partial charge in [-0.25, -0.2) is 4.39 Å². The van der Waals surface area contributed by atoms with E-state index in [4.69, 9.17) is 11.6 Å². The molecule has 1 nitrogen and oxygen atoms in total. The summed E-state index contributed by atoms with van der Waals surface area (Å²) in [5.74, 6) is 0.397. The minimum atomic E-state index is -0.361. The molecule has 1 aromatic rings. The Labute approximate surface area is 88.3 Å². The number of benzene rings is 1. The molecule has 1 N–H and O–H groups in total. The molecule has 1 unspecified atom stereocenters. The first-order valence-electron chi connectivity index (χ1n) is 4.88. The predicted molar refractivity (Wildman–Crippen MR) is 57.2 cm³/mol. The molecular formula is C11H13ClFN. The van der Waals surface area contributed by atoms with Crippen molar-refractivity contribution in [3.8, 4) is 0 Å². The summed E-state index contributed by atoms with van der Waals surface area (Å²) in [7, 11) is 0. The van der Waals surface area contributed by atoms with Crippen molar-refractivity contribution < 1.29 is 4.39 Å². The van der Waals surface area contributed by atoms with Crippen molar-refractivity contribution in [1.82, 2.24) is 0 Å². The first kappa shape index (κ1) is 9.78. The van der Waals surface area contributed by atoms with Gasteiger partial charge in [0.25, 0.3) is 0 Å². The second-order valence-corrected chi connectivity index (χ2v) is 4.31. The van der Waals surface area contributed by atoms with Gasteiger partial charge in [-0.15, -0.1) is 0 Å². The van der Waals surface area contributed by atoms with E-state index in [1.54, 1.807) is 6.07 Å². The monoisotopic (exact) mass is 213 g/mol. The van der Waals surface area contributed by atoms with E-state index >= 15 is 0 Å². The molecule has 76 valence electrons. The van der Waals surface area contributed by atoms with Crippen molar-refractivity contribution in [2.24, 2.45) is 5.92 Å². The zero-order valence-corrected chi connectivity index (χ0v) is 8.81. The van der Waals surface area contributed by atoms with E-state index in [1.807, 2.05) is 6.07 Å². The highest BCUT2D eigenvalue weighted by Crippen LogP contribution is 2.34. The van der Waals surface area contributed by atoms with Crippen LogP contribution in [0.3, 0.4) is 0 Å². The Morgan fingerprint density at radius 3 is 2.79 bits per heavy atom. The third-order valence-electron chi connectivity index (χ3n) is 2.64. The standard InChI is InChI=1S/C11H13ClFN/c1-7(8-2-3-8)14-9-4-5-10(12)11(13)6-9/h4-8,14H,2-3H2,1H3. The molecule has 0 bridgehead atoms. The Morgan fingerprint density at radius 1 is 1.50 bits per heavy atom. The Kier molecular flexibility index (Phi) is 2.64. The lowest BCUT2D eigenvalue weighted by Crippen LogP contribution is -2.17. The van der Waals surface area contributed by atoms with Gasteiger partial charge in [-0.2, -0.15) is 0 Å². The van der Waals surface area contributed by atoms with Crippen molar-refractivity contribution >= 4 is 17.3 Å². The molecule has 0 saturated heterocycles. The molecule has 1 aliphatic rings. The quantitative estimate of drug-likeness (QED) is 0.808. The van der Waals surface area contributed by atoms with E-state index < -0.39 is 0 Å². The van der Waals surface area contributed by atoms with Gasteiger partial charge in [-0.1, -0.05) is 11.6 Å². The summed E-state index contributed by atoms with van der Waals surface area (Å²) < 4.78 is 13.1. The van der Waals surface area contributed by atoms with E-state index in [0.29, 0.717) is 6.04 Å². The Bertz CT molecular complexity index is 336. The van der Waals surface area contributed by atoms with Crippen LogP contribution >= 0.6 is 11.6 Å². The zero-order chi connectivity index (χ0) is 10.1. The van der Waals surface area contributed by atoms with Gasteiger partial charge in [0.15, 0.2) is 0 Å².